The van der Waals surface area contributed by atoms with E-state index in [-0.39, 0.29) is 11.9 Å². The van der Waals surface area contributed by atoms with Crippen molar-refractivity contribution < 1.29 is 9.00 Å². The molecule has 0 saturated heterocycles. The minimum Gasteiger partial charge on any atom is -0.350 e. The first-order valence-electron chi connectivity index (χ1n) is 12.0. The molecule has 0 aliphatic rings. The van der Waals surface area contributed by atoms with Crippen LogP contribution in [0.3, 0.4) is 0 Å². The van der Waals surface area contributed by atoms with Crippen LogP contribution in [-0.4, -0.2) is 27.4 Å². The van der Waals surface area contributed by atoms with E-state index in [2.05, 4.69) is 23.3 Å². The van der Waals surface area contributed by atoms with Gasteiger partial charge in [-0.2, -0.15) is 0 Å². The lowest BCUT2D eigenvalue weighted by Gasteiger charge is -2.12. The molecule has 1 unspecified atom stereocenters. The lowest BCUT2D eigenvalue weighted by molar-refractivity contribution is -0.117. The number of benzene rings is 1. The molecule has 178 valence electrons. The van der Waals surface area contributed by atoms with Crippen molar-refractivity contribution >= 4 is 22.3 Å². The van der Waals surface area contributed by atoms with Gasteiger partial charge in [0.15, 0.2) is 0 Å². The van der Waals surface area contributed by atoms with Gasteiger partial charge < -0.3 is 5.32 Å². The van der Waals surface area contributed by atoms with Gasteiger partial charge in [-0.3, -0.25) is 14.0 Å². The Kier molecular flexibility index (Phi) is 12.4. The van der Waals surface area contributed by atoms with Crippen molar-refractivity contribution in [2.24, 2.45) is 0 Å². The van der Waals surface area contributed by atoms with Gasteiger partial charge in [-0.05, 0) is 73.9 Å². The first-order chi connectivity index (χ1) is 16.0. The van der Waals surface area contributed by atoms with E-state index < -0.39 is 10.8 Å². The summed E-state index contributed by atoms with van der Waals surface area (Å²) in [4.78, 5) is 17.3. The van der Waals surface area contributed by atoms with Crippen molar-refractivity contribution in [1.82, 2.24) is 10.3 Å². The molecule has 1 heterocycles. The number of pyridine rings is 1. The highest BCUT2D eigenvalue weighted by Gasteiger charge is 2.06. The molecule has 1 aromatic carbocycles. The first-order valence-corrected chi connectivity index (χ1v) is 13.6. The number of unbranched alkanes of at least 4 members (excludes halogenated alkanes) is 3. The van der Waals surface area contributed by atoms with Gasteiger partial charge in [0.05, 0.1) is 0 Å². The zero-order chi connectivity index (χ0) is 23.9. The van der Waals surface area contributed by atoms with Gasteiger partial charge in [-0.1, -0.05) is 56.5 Å². The summed E-state index contributed by atoms with van der Waals surface area (Å²) >= 11 is 0. The SMILES string of the molecule is CCCCCCC(=CC=CC(=O)NC(C)CCCc1cccnc1)c1ccc([S@@](C)=O)cc1. The van der Waals surface area contributed by atoms with Crippen molar-refractivity contribution in [3.63, 3.8) is 0 Å². The summed E-state index contributed by atoms with van der Waals surface area (Å²) < 4.78 is 11.7. The van der Waals surface area contributed by atoms with Gasteiger partial charge >= 0.3 is 0 Å². The molecule has 0 fully saturated rings. The third-order valence-electron chi connectivity index (χ3n) is 5.62. The highest BCUT2D eigenvalue weighted by Crippen LogP contribution is 2.23. The number of aryl methyl sites for hydroxylation is 1. The summed E-state index contributed by atoms with van der Waals surface area (Å²) in [5.74, 6) is -0.0674. The standard InChI is InChI=1S/C28H38N2O2S/c1-4-5-6-7-14-25(26-17-19-27(20-18-26)33(3)32)15-9-16-28(31)30-23(2)11-8-12-24-13-10-21-29-22-24/h9-10,13,15-23H,4-8,11-12,14H2,1-3H3,(H,30,31)/t23?,33-/m1/s1. The van der Waals surface area contributed by atoms with Gasteiger partial charge in [0.1, 0.15) is 0 Å². The van der Waals surface area contributed by atoms with Crippen LogP contribution in [0, 0.1) is 0 Å². The second-order valence-corrected chi connectivity index (χ2v) is 9.88. The largest absolute Gasteiger partial charge is 0.350 e. The number of amides is 1. The fourth-order valence-electron chi connectivity index (χ4n) is 3.70. The average Bonchev–Trinajstić information content (AvgIpc) is 2.81. The van der Waals surface area contributed by atoms with Crippen LogP contribution >= 0.6 is 0 Å². The third kappa shape index (κ3) is 10.8. The van der Waals surface area contributed by atoms with Crippen LogP contribution in [0.4, 0.5) is 0 Å². The molecule has 4 nitrogen and oxygen atoms in total. The number of nitrogens with one attached hydrogen (secondary N) is 1. The smallest absolute Gasteiger partial charge is 0.244 e. The molecular weight excluding hydrogens is 428 g/mol. The normalized spacial score (nSPS) is 13.7. The van der Waals surface area contributed by atoms with E-state index in [4.69, 9.17) is 0 Å². The number of carbonyl (C=O) groups excluding carboxylic acids is 1. The number of aromatic nitrogens is 1. The summed E-state index contributed by atoms with van der Waals surface area (Å²) in [6.07, 6.45) is 19.5. The molecule has 0 bridgehead atoms. The maximum Gasteiger partial charge on any atom is 0.244 e. The van der Waals surface area contributed by atoms with Crippen LogP contribution in [0.5, 0.6) is 0 Å². The van der Waals surface area contributed by atoms with Crippen LogP contribution in [0.1, 0.15) is 69.9 Å². The maximum atomic E-state index is 12.4. The molecule has 2 rings (SSSR count). The summed E-state index contributed by atoms with van der Waals surface area (Å²) in [6.45, 7) is 4.25. The lowest BCUT2D eigenvalue weighted by atomic mass is 9.99. The molecule has 2 atom stereocenters. The van der Waals surface area contributed by atoms with Gasteiger partial charge in [0.2, 0.25) is 5.91 Å². The Morgan fingerprint density at radius 1 is 1.12 bits per heavy atom. The molecule has 0 saturated carbocycles. The number of hydrogen-bond donors (Lipinski definition) is 1. The number of rotatable bonds is 14. The number of allylic oxidation sites excluding steroid dienone is 3. The lowest BCUT2D eigenvalue weighted by Crippen LogP contribution is -2.31. The molecule has 1 aromatic heterocycles. The summed E-state index contributed by atoms with van der Waals surface area (Å²) in [7, 11) is -0.979. The van der Waals surface area contributed by atoms with E-state index in [1.54, 1.807) is 18.5 Å². The first kappa shape index (κ1) is 26.7. The molecule has 1 N–H and O–H groups in total. The Hall–Kier alpha value is -2.53. The van der Waals surface area contributed by atoms with Crippen LogP contribution in [0.2, 0.25) is 0 Å². The molecule has 0 aliphatic carbocycles. The van der Waals surface area contributed by atoms with Gasteiger partial charge in [0, 0.05) is 46.5 Å². The molecule has 33 heavy (non-hydrogen) atoms. The van der Waals surface area contributed by atoms with E-state index >= 15 is 0 Å². The molecular formula is C28H38N2O2S. The van der Waals surface area contributed by atoms with Gasteiger partial charge in [-0.25, -0.2) is 0 Å². The van der Waals surface area contributed by atoms with Crippen LogP contribution in [0.25, 0.3) is 5.57 Å². The van der Waals surface area contributed by atoms with Crippen molar-refractivity contribution in [2.45, 2.75) is 76.2 Å². The minimum atomic E-state index is -0.979. The number of carbonyl (C=O) groups is 1. The average molecular weight is 467 g/mol. The Balaban J connectivity index is 1.90. The third-order valence-corrected chi connectivity index (χ3v) is 6.55. The topological polar surface area (TPSA) is 59.1 Å². The summed E-state index contributed by atoms with van der Waals surface area (Å²) in [5, 5.41) is 3.06. The van der Waals surface area contributed by atoms with Crippen LogP contribution in [-0.2, 0) is 22.0 Å². The van der Waals surface area contributed by atoms with Crippen molar-refractivity contribution in [3.05, 3.63) is 78.1 Å². The zero-order valence-corrected chi connectivity index (χ0v) is 21.1. The Morgan fingerprint density at radius 3 is 2.58 bits per heavy atom. The van der Waals surface area contributed by atoms with Gasteiger partial charge in [0.25, 0.3) is 0 Å². The Bertz CT molecular complexity index is 921. The Morgan fingerprint density at radius 2 is 1.91 bits per heavy atom. The van der Waals surface area contributed by atoms with Crippen molar-refractivity contribution in [3.8, 4) is 0 Å². The minimum absolute atomic E-state index is 0.0674. The summed E-state index contributed by atoms with van der Waals surface area (Å²) in [5.41, 5.74) is 3.55. The monoisotopic (exact) mass is 466 g/mol. The molecule has 2 aromatic rings. The zero-order valence-electron chi connectivity index (χ0n) is 20.3. The fourth-order valence-corrected chi connectivity index (χ4v) is 4.22. The van der Waals surface area contributed by atoms with E-state index in [9.17, 15) is 9.00 Å². The second kappa shape index (κ2) is 15.3. The number of nitrogens with zero attached hydrogens (tertiary/aromatic N) is 1. The molecule has 0 spiro atoms. The molecule has 5 heteroatoms. The predicted octanol–water partition coefficient (Wildman–Crippen LogP) is 6.26. The van der Waals surface area contributed by atoms with Crippen molar-refractivity contribution in [1.29, 1.82) is 0 Å². The summed E-state index contributed by atoms with van der Waals surface area (Å²) in [6, 6.07) is 12.1. The molecule has 1 amide bonds. The van der Waals surface area contributed by atoms with E-state index in [1.807, 2.05) is 55.6 Å². The molecule has 0 aliphatic heterocycles. The predicted molar refractivity (Wildman–Crippen MR) is 139 cm³/mol. The van der Waals surface area contributed by atoms with Crippen LogP contribution in [0.15, 0.2) is 71.9 Å². The van der Waals surface area contributed by atoms with E-state index in [0.717, 1.165) is 42.6 Å². The number of hydrogen-bond acceptors (Lipinski definition) is 3. The highest BCUT2D eigenvalue weighted by molar-refractivity contribution is 7.84. The quantitative estimate of drug-likeness (QED) is 0.203. The second-order valence-electron chi connectivity index (χ2n) is 8.50. The molecule has 0 radical (unpaired) electrons. The maximum absolute atomic E-state index is 12.4. The van der Waals surface area contributed by atoms with Gasteiger partial charge in [-0.15, -0.1) is 0 Å². The van der Waals surface area contributed by atoms with Crippen molar-refractivity contribution in [2.75, 3.05) is 6.26 Å². The van der Waals surface area contributed by atoms with E-state index in [1.165, 1.54) is 30.4 Å². The highest BCUT2D eigenvalue weighted by atomic mass is 32.2. The van der Waals surface area contributed by atoms with Crippen LogP contribution < -0.4 is 5.32 Å². The Labute approximate surface area is 202 Å². The van der Waals surface area contributed by atoms with E-state index in [0.29, 0.717) is 0 Å². The fraction of sp³-hybridized carbons (Fsp3) is 0.429.